The molecule has 1 aromatic rings. The number of hydrogen-bond donors (Lipinski definition) is 1. The summed E-state index contributed by atoms with van der Waals surface area (Å²) in [6, 6.07) is 7.87. The van der Waals surface area contributed by atoms with Crippen LogP contribution in [0.25, 0.3) is 0 Å². The number of carbonyl (C=O) groups is 1. The van der Waals surface area contributed by atoms with E-state index in [9.17, 15) is 9.90 Å². The van der Waals surface area contributed by atoms with E-state index in [0.29, 0.717) is 6.42 Å². The second-order valence-electron chi connectivity index (χ2n) is 4.84. The summed E-state index contributed by atoms with van der Waals surface area (Å²) in [6.07, 6.45) is 1.18. The molecule has 2 rings (SSSR count). The Morgan fingerprint density at radius 2 is 2.06 bits per heavy atom. The number of hydrogen-bond acceptors (Lipinski definition) is 2. The van der Waals surface area contributed by atoms with Crippen molar-refractivity contribution in [1.29, 1.82) is 0 Å². The van der Waals surface area contributed by atoms with E-state index in [1.54, 1.807) is 6.92 Å². The fourth-order valence-corrected chi connectivity index (χ4v) is 2.49. The molecule has 0 aromatic heterocycles. The average Bonchev–Trinajstić information content (AvgIpc) is 2.28. The maximum atomic E-state index is 12.3. The summed E-state index contributed by atoms with van der Waals surface area (Å²) in [5.41, 5.74) is 1.95. The molecule has 0 fully saturated rings. The molecule has 0 bridgehead atoms. The minimum absolute atomic E-state index is 0.0934. The van der Waals surface area contributed by atoms with Crippen LogP contribution in [0, 0.1) is 0 Å². The molecule has 1 aromatic carbocycles. The minimum atomic E-state index is -0.366. The first-order valence-corrected chi connectivity index (χ1v) is 6.16. The van der Waals surface area contributed by atoms with Gasteiger partial charge in [0, 0.05) is 18.2 Å². The van der Waals surface area contributed by atoms with Gasteiger partial charge in [0.05, 0.1) is 6.10 Å². The van der Waals surface area contributed by atoms with Crippen LogP contribution in [0.3, 0.4) is 0 Å². The molecule has 1 amide bonds. The fourth-order valence-electron chi connectivity index (χ4n) is 2.49. The zero-order valence-electron chi connectivity index (χ0n) is 10.4. The quantitative estimate of drug-likeness (QED) is 0.865. The van der Waals surface area contributed by atoms with Gasteiger partial charge in [-0.25, -0.2) is 0 Å². The second kappa shape index (κ2) is 4.88. The van der Waals surface area contributed by atoms with Crippen LogP contribution in [-0.4, -0.2) is 34.6 Å². The molecule has 1 N–H and O–H groups in total. The Balaban J connectivity index is 2.17. The zero-order valence-corrected chi connectivity index (χ0v) is 10.4. The third kappa shape index (κ3) is 2.50. The molecule has 0 saturated heterocycles. The first-order valence-electron chi connectivity index (χ1n) is 6.16. The lowest BCUT2D eigenvalue weighted by Gasteiger charge is -2.34. The molecule has 17 heavy (non-hydrogen) atoms. The molecule has 2 atom stereocenters. The smallest absolute Gasteiger partial charge is 0.254 e. The van der Waals surface area contributed by atoms with E-state index in [4.69, 9.17) is 0 Å². The summed E-state index contributed by atoms with van der Waals surface area (Å²) in [5, 5.41) is 9.40. The first kappa shape index (κ1) is 12.1. The maximum Gasteiger partial charge on any atom is 0.254 e. The van der Waals surface area contributed by atoms with Gasteiger partial charge in [0.15, 0.2) is 0 Å². The van der Waals surface area contributed by atoms with Crippen LogP contribution >= 0.6 is 0 Å². The molecule has 3 nitrogen and oxygen atoms in total. The van der Waals surface area contributed by atoms with Crippen LogP contribution in [0.15, 0.2) is 24.3 Å². The Kier molecular flexibility index (Phi) is 3.48. The Labute approximate surface area is 102 Å². The molecular weight excluding hydrogens is 214 g/mol. The standard InChI is InChI=1S/C14H19NO2/c1-10(9-11(2)16)15-8-7-12-5-3-4-6-13(12)14(15)17/h3-6,10-11,16H,7-9H2,1-2H3. The van der Waals surface area contributed by atoms with Crippen LogP contribution < -0.4 is 0 Å². The molecule has 1 aliphatic rings. The number of carbonyl (C=O) groups excluding carboxylic acids is 1. The summed E-state index contributed by atoms with van der Waals surface area (Å²) < 4.78 is 0. The van der Waals surface area contributed by atoms with E-state index in [1.165, 1.54) is 0 Å². The fraction of sp³-hybridized carbons (Fsp3) is 0.500. The third-order valence-electron chi connectivity index (χ3n) is 3.34. The van der Waals surface area contributed by atoms with E-state index in [1.807, 2.05) is 36.1 Å². The Bertz CT molecular complexity index is 414. The number of amides is 1. The van der Waals surface area contributed by atoms with Crippen LogP contribution in [0.4, 0.5) is 0 Å². The molecule has 92 valence electrons. The van der Waals surface area contributed by atoms with Gasteiger partial charge in [0.2, 0.25) is 0 Å². The van der Waals surface area contributed by atoms with Gasteiger partial charge >= 0.3 is 0 Å². The van der Waals surface area contributed by atoms with Gasteiger partial charge in [-0.2, -0.15) is 0 Å². The van der Waals surface area contributed by atoms with Crippen LogP contribution in [0.1, 0.15) is 36.2 Å². The van der Waals surface area contributed by atoms with Crippen molar-refractivity contribution in [3.05, 3.63) is 35.4 Å². The molecule has 0 radical (unpaired) electrons. The number of aliphatic hydroxyl groups excluding tert-OH is 1. The molecular formula is C14H19NO2. The summed E-state index contributed by atoms with van der Waals surface area (Å²) in [4.78, 5) is 14.2. The van der Waals surface area contributed by atoms with Gasteiger partial charge in [0.25, 0.3) is 5.91 Å². The molecule has 3 heteroatoms. The number of fused-ring (bicyclic) bond motifs is 1. The molecule has 0 saturated carbocycles. The minimum Gasteiger partial charge on any atom is -0.393 e. The maximum absolute atomic E-state index is 12.3. The Hall–Kier alpha value is -1.35. The van der Waals surface area contributed by atoms with Crippen molar-refractivity contribution in [2.75, 3.05) is 6.54 Å². The van der Waals surface area contributed by atoms with E-state index in [-0.39, 0.29) is 18.1 Å². The van der Waals surface area contributed by atoms with Crippen molar-refractivity contribution < 1.29 is 9.90 Å². The van der Waals surface area contributed by atoms with Crippen molar-refractivity contribution in [3.63, 3.8) is 0 Å². The second-order valence-corrected chi connectivity index (χ2v) is 4.84. The topological polar surface area (TPSA) is 40.5 Å². The number of aliphatic hydroxyl groups is 1. The van der Waals surface area contributed by atoms with Crippen molar-refractivity contribution in [1.82, 2.24) is 4.90 Å². The van der Waals surface area contributed by atoms with E-state index in [0.717, 1.165) is 24.1 Å². The van der Waals surface area contributed by atoms with Crippen LogP contribution in [-0.2, 0) is 6.42 Å². The Morgan fingerprint density at radius 3 is 2.76 bits per heavy atom. The van der Waals surface area contributed by atoms with Crippen molar-refractivity contribution in [3.8, 4) is 0 Å². The highest BCUT2D eigenvalue weighted by atomic mass is 16.3. The van der Waals surface area contributed by atoms with Gasteiger partial charge in [0.1, 0.15) is 0 Å². The van der Waals surface area contributed by atoms with Gasteiger partial charge in [-0.1, -0.05) is 18.2 Å². The summed E-state index contributed by atoms with van der Waals surface area (Å²) >= 11 is 0. The molecule has 1 aliphatic heterocycles. The van der Waals surface area contributed by atoms with Gasteiger partial charge in [-0.05, 0) is 38.3 Å². The summed E-state index contributed by atoms with van der Waals surface area (Å²) in [6.45, 7) is 4.52. The highest BCUT2D eigenvalue weighted by molar-refractivity contribution is 5.96. The highest BCUT2D eigenvalue weighted by Crippen LogP contribution is 2.21. The Morgan fingerprint density at radius 1 is 1.35 bits per heavy atom. The first-order chi connectivity index (χ1) is 8.09. The number of nitrogens with zero attached hydrogens (tertiary/aromatic N) is 1. The summed E-state index contributed by atoms with van der Waals surface area (Å²) in [7, 11) is 0. The lowest BCUT2D eigenvalue weighted by atomic mass is 9.97. The lowest BCUT2D eigenvalue weighted by molar-refractivity contribution is 0.0607. The number of rotatable bonds is 3. The molecule has 0 spiro atoms. The molecule has 2 unspecified atom stereocenters. The van der Waals surface area contributed by atoms with Crippen molar-refractivity contribution in [2.24, 2.45) is 0 Å². The SMILES string of the molecule is CC(O)CC(C)N1CCc2ccccc2C1=O. The third-order valence-corrected chi connectivity index (χ3v) is 3.34. The monoisotopic (exact) mass is 233 g/mol. The largest absolute Gasteiger partial charge is 0.393 e. The van der Waals surface area contributed by atoms with Crippen LogP contribution in [0.5, 0.6) is 0 Å². The van der Waals surface area contributed by atoms with Gasteiger partial charge in [-0.3, -0.25) is 4.79 Å². The van der Waals surface area contributed by atoms with Crippen LogP contribution in [0.2, 0.25) is 0 Å². The molecule has 0 aliphatic carbocycles. The van der Waals surface area contributed by atoms with E-state index < -0.39 is 0 Å². The van der Waals surface area contributed by atoms with E-state index in [2.05, 4.69) is 0 Å². The van der Waals surface area contributed by atoms with Crippen molar-refractivity contribution in [2.45, 2.75) is 38.8 Å². The normalized spacial score (nSPS) is 18.8. The lowest BCUT2D eigenvalue weighted by Crippen LogP contribution is -2.44. The zero-order chi connectivity index (χ0) is 12.4. The van der Waals surface area contributed by atoms with Crippen molar-refractivity contribution >= 4 is 5.91 Å². The number of benzene rings is 1. The van der Waals surface area contributed by atoms with Gasteiger partial charge in [-0.15, -0.1) is 0 Å². The highest BCUT2D eigenvalue weighted by Gasteiger charge is 2.27. The van der Waals surface area contributed by atoms with Gasteiger partial charge < -0.3 is 10.0 Å². The predicted octanol–water partition coefficient (Wildman–Crippen LogP) is 1.84. The van der Waals surface area contributed by atoms with E-state index >= 15 is 0 Å². The molecule has 1 heterocycles. The summed E-state index contributed by atoms with van der Waals surface area (Å²) in [5.74, 6) is 0.0972. The predicted molar refractivity (Wildman–Crippen MR) is 66.9 cm³/mol. The average molecular weight is 233 g/mol.